The Labute approximate surface area is 184 Å². The standard InChI is InChI=1S/C19H18Cl3N3O3S/c20-14-4-6-15(7-5-14)29(27,28)25-10-8-13(9-11-25)19(26)24-23-12-16-17(21)2-1-3-18(16)22/h1-7,12-13H,8-11H2,(H,24,26)/b23-12-. The van der Waals surface area contributed by atoms with E-state index in [1.165, 1.54) is 34.8 Å². The van der Waals surface area contributed by atoms with E-state index in [9.17, 15) is 13.2 Å². The van der Waals surface area contributed by atoms with Crippen LogP contribution < -0.4 is 5.43 Å². The van der Waals surface area contributed by atoms with Crippen molar-refractivity contribution >= 4 is 56.9 Å². The van der Waals surface area contributed by atoms with E-state index in [-0.39, 0.29) is 29.8 Å². The first-order chi connectivity index (χ1) is 13.8. The fourth-order valence-corrected chi connectivity index (χ4v) is 5.09. The van der Waals surface area contributed by atoms with Crippen molar-refractivity contribution in [2.45, 2.75) is 17.7 Å². The van der Waals surface area contributed by atoms with E-state index >= 15 is 0 Å². The third-order valence-corrected chi connectivity index (χ3v) is 7.47. The predicted molar refractivity (Wildman–Crippen MR) is 115 cm³/mol. The molecule has 0 saturated carbocycles. The minimum Gasteiger partial charge on any atom is -0.273 e. The van der Waals surface area contributed by atoms with Gasteiger partial charge in [-0.15, -0.1) is 0 Å². The van der Waals surface area contributed by atoms with Crippen molar-refractivity contribution in [3.63, 3.8) is 0 Å². The minimum atomic E-state index is -3.61. The summed E-state index contributed by atoms with van der Waals surface area (Å²) in [6, 6.07) is 11.1. The number of nitrogens with one attached hydrogen (secondary N) is 1. The number of sulfonamides is 1. The van der Waals surface area contributed by atoms with Gasteiger partial charge in [-0.05, 0) is 49.2 Å². The Morgan fingerprint density at radius 2 is 1.62 bits per heavy atom. The molecule has 2 aromatic rings. The largest absolute Gasteiger partial charge is 0.273 e. The van der Waals surface area contributed by atoms with E-state index in [0.717, 1.165) is 0 Å². The minimum absolute atomic E-state index is 0.186. The van der Waals surface area contributed by atoms with Gasteiger partial charge in [0, 0.05) is 29.6 Å². The van der Waals surface area contributed by atoms with Crippen LogP contribution in [-0.4, -0.2) is 37.9 Å². The number of piperidine rings is 1. The number of nitrogens with zero attached hydrogens (tertiary/aromatic N) is 2. The van der Waals surface area contributed by atoms with Crippen molar-refractivity contribution in [3.8, 4) is 0 Å². The third kappa shape index (κ3) is 5.29. The Kier molecular flexibility index (Phi) is 7.19. The van der Waals surface area contributed by atoms with E-state index in [0.29, 0.717) is 33.5 Å². The van der Waals surface area contributed by atoms with Crippen molar-refractivity contribution in [2.75, 3.05) is 13.1 Å². The monoisotopic (exact) mass is 473 g/mol. The number of carbonyl (C=O) groups is 1. The van der Waals surface area contributed by atoms with Gasteiger partial charge in [-0.1, -0.05) is 40.9 Å². The number of hydrogen-bond donors (Lipinski definition) is 1. The van der Waals surface area contributed by atoms with Crippen LogP contribution in [-0.2, 0) is 14.8 Å². The lowest BCUT2D eigenvalue weighted by atomic mass is 9.98. The van der Waals surface area contributed by atoms with Crippen LogP contribution in [0.15, 0.2) is 52.5 Å². The Morgan fingerprint density at radius 3 is 2.21 bits per heavy atom. The van der Waals surface area contributed by atoms with Crippen LogP contribution in [0.3, 0.4) is 0 Å². The molecule has 0 aromatic heterocycles. The molecule has 10 heteroatoms. The van der Waals surface area contributed by atoms with Crippen LogP contribution >= 0.6 is 34.8 Å². The quantitative estimate of drug-likeness (QED) is 0.521. The summed E-state index contributed by atoms with van der Waals surface area (Å²) in [6.45, 7) is 0.506. The SMILES string of the molecule is O=C(N/N=C\c1c(Cl)cccc1Cl)C1CCN(S(=O)(=O)c2ccc(Cl)cc2)CC1. The topological polar surface area (TPSA) is 78.8 Å². The summed E-state index contributed by atoms with van der Waals surface area (Å²) in [5.74, 6) is -0.599. The average Bonchev–Trinajstić information content (AvgIpc) is 2.70. The van der Waals surface area contributed by atoms with Crippen LogP contribution in [0.25, 0.3) is 0 Å². The number of rotatable bonds is 5. The van der Waals surface area contributed by atoms with Gasteiger partial charge in [0.2, 0.25) is 15.9 Å². The molecule has 1 amide bonds. The summed E-state index contributed by atoms with van der Waals surface area (Å²) in [4.78, 5) is 12.5. The molecule has 1 saturated heterocycles. The van der Waals surface area contributed by atoms with Gasteiger partial charge in [0.1, 0.15) is 0 Å². The highest BCUT2D eigenvalue weighted by Gasteiger charge is 2.32. The lowest BCUT2D eigenvalue weighted by Gasteiger charge is -2.30. The summed E-state index contributed by atoms with van der Waals surface area (Å²) in [5, 5.41) is 5.25. The van der Waals surface area contributed by atoms with Crippen molar-refractivity contribution in [1.29, 1.82) is 0 Å². The molecule has 1 N–H and O–H groups in total. The second-order valence-electron chi connectivity index (χ2n) is 6.50. The average molecular weight is 475 g/mol. The van der Waals surface area contributed by atoms with Crippen LogP contribution in [0.2, 0.25) is 15.1 Å². The number of hydrogen-bond acceptors (Lipinski definition) is 4. The zero-order valence-electron chi connectivity index (χ0n) is 15.2. The molecule has 1 heterocycles. The normalized spacial score (nSPS) is 16.2. The molecule has 0 atom stereocenters. The first kappa shape index (κ1) is 22.1. The zero-order valence-corrected chi connectivity index (χ0v) is 18.3. The number of halogens is 3. The maximum atomic E-state index is 12.7. The highest BCUT2D eigenvalue weighted by Crippen LogP contribution is 2.25. The summed E-state index contributed by atoms with van der Waals surface area (Å²) in [7, 11) is -3.61. The highest BCUT2D eigenvalue weighted by atomic mass is 35.5. The molecular formula is C19H18Cl3N3O3S. The highest BCUT2D eigenvalue weighted by molar-refractivity contribution is 7.89. The van der Waals surface area contributed by atoms with E-state index in [1.54, 1.807) is 18.2 Å². The van der Waals surface area contributed by atoms with Crippen molar-refractivity contribution in [2.24, 2.45) is 11.0 Å². The second-order valence-corrected chi connectivity index (χ2v) is 9.69. The van der Waals surface area contributed by atoms with Gasteiger partial charge in [0.05, 0.1) is 21.2 Å². The molecule has 3 rings (SSSR count). The van der Waals surface area contributed by atoms with Gasteiger partial charge in [-0.25, -0.2) is 13.8 Å². The Balaban J connectivity index is 1.57. The Morgan fingerprint density at radius 1 is 1.03 bits per heavy atom. The number of hydrazone groups is 1. The molecule has 1 fully saturated rings. The maximum absolute atomic E-state index is 12.7. The molecule has 0 radical (unpaired) electrons. The first-order valence-electron chi connectivity index (χ1n) is 8.81. The molecule has 29 heavy (non-hydrogen) atoms. The third-order valence-electron chi connectivity index (χ3n) is 4.64. The Hall–Kier alpha value is -1.64. The summed E-state index contributed by atoms with van der Waals surface area (Å²) in [6.07, 6.45) is 2.20. The van der Waals surface area contributed by atoms with Gasteiger partial charge in [-0.2, -0.15) is 9.41 Å². The molecule has 6 nitrogen and oxygen atoms in total. The lowest BCUT2D eigenvalue weighted by Crippen LogP contribution is -2.42. The van der Waals surface area contributed by atoms with Crippen LogP contribution in [0.1, 0.15) is 18.4 Å². The predicted octanol–water partition coefficient (Wildman–Crippen LogP) is 4.20. The van der Waals surface area contributed by atoms with E-state index in [4.69, 9.17) is 34.8 Å². The van der Waals surface area contributed by atoms with E-state index in [2.05, 4.69) is 10.5 Å². The van der Waals surface area contributed by atoms with E-state index < -0.39 is 10.0 Å². The maximum Gasteiger partial charge on any atom is 0.243 e. The summed E-state index contributed by atoms with van der Waals surface area (Å²) < 4.78 is 26.8. The molecule has 0 bridgehead atoms. The number of amides is 1. The van der Waals surface area contributed by atoms with Crippen LogP contribution in [0, 0.1) is 5.92 Å². The zero-order chi connectivity index (χ0) is 21.0. The second kappa shape index (κ2) is 9.45. The molecule has 1 aliphatic rings. The van der Waals surface area contributed by atoms with Gasteiger partial charge in [-0.3, -0.25) is 4.79 Å². The lowest BCUT2D eigenvalue weighted by molar-refractivity contribution is -0.126. The molecular weight excluding hydrogens is 457 g/mol. The van der Waals surface area contributed by atoms with Crippen molar-refractivity contribution < 1.29 is 13.2 Å². The molecule has 0 aliphatic carbocycles. The number of carbonyl (C=O) groups excluding carboxylic acids is 1. The van der Waals surface area contributed by atoms with Crippen molar-refractivity contribution in [3.05, 3.63) is 63.1 Å². The van der Waals surface area contributed by atoms with Gasteiger partial charge in [0.25, 0.3) is 0 Å². The van der Waals surface area contributed by atoms with Crippen molar-refractivity contribution in [1.82, 2.24) is 9.73 Å². The van der Waals surface area contributed by atoms with Gasteiger partial charge < -0.3 is 0 Å². The number of benzene rings is 2. The molecule has 1 aliphatic heterocycles. The van der Waals surface area contributed by atoms with Crippen LogP contribution in [0.5, 0.6) is 0 Å². The fourth-order valence-electron chi connectivity index (χ4n) is 3.00. The first-order valence-corrected chi connectivity index (χ1v) is 11.4. The smallest absolute Gasteiger partial charge is 0.243 e. The fraction of sp³-hybridized carbons (Fsp3) is 0.263. The molecule has 0 spiro atoms. The van der Waals surface area contributed by atoms with Crippen LogP contribution in [0.4, 0.5) is 0 Å². The summed E-state index contributed by atoms with van der Waals surface area (Å²) in [5.41, 5.74) is 2.99. The molecule has 0 unspecified atom stereocenters. The molecule has 154 valence electrons. The summed E-state index contributed by atoms with van der Waals surface area (Å²) >= 11 is 17.9. The van der Waals surface area contributed by atoms with Gasteiger partial charge in [0.15, 0.2) is 0 Å². The molecule has 2 aromatic carbocycles. The van der Waals surface area contributed by atoms with Gasteiger partial charge >= 0.3 is 0 Å². The Bertz CT molecular complexity index is 998. The van der Waals surface area contributed by atoms with E-state index in [1.807, 2.05) is 0 Å².